The van der Waals surface area contributed by atoms with Crippen LogP contribution in [0.3, 0.4) is 0 Å². The number of nitriles is 1. The standard InChI is InChI=1S/C22H24BrN7O/c23-15-7-14(10-24)8-17(9-15)26-20-19-21(30(12-25-19)18-5-6-18)29-22(28-20)27-16-3-1-13(11-31)2-4-16/h7-9,12-13,16,18,31H,1-6,11H2,(H2,26,27,28,29). The van der Waals surface area contributed by atoms with E-state index in [1.807, 2.05) is 12.4 Å². The average molecular weight is 482 g/mol. The third-order valence-corrected chi connectivity index (χ3v) is 6.55. The molecule has 0 saturated heterocycles. The Labute approximate surface area is 188 Å². The number of anilines is 3. The predicted octanol–water partition coefficient (Wildman–Crippen LogP) is 4.50. The van der Waals surface area contributed by atoms with Crippen molar-refractivity contribution in [1.82, 2.24) is 19.5 Å². The maximum Gasteiger partial charge on any atom is 0.227 e. The van der Waals surface area contributed by atoms with Gasteiger partial charge in [0, 0.05) is 28.9 Å². The molecule has 0 amide bonds. The van der Waals surface area contributed by atoms with Crippen molar-refractivity contribution in [3.63, 3.8) is 0 Å². The molecule has 2 fully saturated rings. The number of fused-ring (bicyclic) bond motifs is 1. The van der Waals surface area contributed by atoms with Crippen molar-refractivity contribution < 1.29 is 5.11 Å². The van der Waals surface area contributed by atoms with Gasteiger partial charge in [-0.05, 0) is 62.6 Å². The summed E-state index contributed by atoms with van der Waals surface area (Å²) in [4.78, 5) is 14.2. The van der Waals surface area contributed by atoms with Gasteiger partial charge in [0.05, 0.1) is 18.0 Å². The van der Waals surface area contributed by atoms with Crippen LogP contribution in [-0.4, -0.2) is 37.3 Å². The number of halogens is 1. The van der Waals surface area contributed by atoms with Crippen LogP contribution in [0.2, 0.25) is 0 Å². The lowest BCUT2D eigenvalue weighted by molar-refractivity contribution is 0.185. The molecule has 0 radical (unpaired) electrons. The van der Waals surface area contributed by atoms with Gasteiger partial charge >= 0.3 is 0 Å². The first-order chi connectivity index (χ1) is 15.1. The molecule has 0 spiro atoms. The summed E-state index contributed by atoms with van der Waals surface area (Å²) < 4.78 is 2.96. The van der Waals surface area contributed by atoms with E-state index in [1.165, 1.54) is 0 Å². The van der Waals surface area contributed by atoms with Gasteiger partial charge in [-0.15, -0.1) is 0 Å². The fraction of sp³-hybridized carbons (Fsp3) is 0.455. The number of aliphatic hydroxyl groups excluding tert-OH is 1. The summed E-state index contributed by atoms with van der Waals surface area (Å²) in [5, 5.41) is 25.5. The minimum atomic E-state index is 0.265. The summed E-state index contributed by atoms with van der Waals surface area (Å²) in [6.45, 7) is 0.265. The molecule has 8 nitrogen and oxygen atoms in total. The minimum Gasteiger partial charge on any atom is -0.396 e. The van der Waals surface area contributed by atoms with Crippen molar-refractivity contribution in [2.24, 2.45) is 5.92 Å². The Balaban J connectivity index is 1.48. The van der Waals surface area contributed by atoms with Crippen molar-refractivity contribution in [2.75, 3.05) is 17.2 Å². The number of benzene rings is 1. The topological polar surface area (TPSA) is 112 Å². The van der Waals surface area contributed by atoms with Crippen LogP contribution in [0.25, 0.3) is 11.2 Å². The van der Waals surface area contributed by atoms with Gasteiger partial charge in [0.25, 0.3) is 0 Å². The Hall–Kier alpha value is -2.70. The smallest absolute Gasteiger partial charge is 0.227 e. The summed E-state index contributed by atoms with van der Waals surface area (Å²) in [5.74, 6) is 1.61. The monoisotopic (exact) mass is 481 g/mol. The second kappa shape index (κ2) is 8.44. The van der Waals surface area contributed by atoms with E-state index in [9.17, 15) is 10.4 Å². The van der Waals surface area contributed by atoms with Crippen LogP contribution >= 0.6 is 15.9 Å². The average Bonchev–Trinajstić information content (AvgIpc) is 3.53. The second-order valence-corrected chi connectivity index (χ2v) is 9.38. The lowest BCUT2D eigenvalue weighted by atomic mass is 9.87. The molecule has 1 aromatic carbocycles. The molecule has 2 aliphatic rings. The van der Waals surface area contributed by atoms with E-state index in [0.717, 1.165) is 59.8 Å². The molecule has 2 saturated carbocycles. The zero-order chi connectivity index (χ0) is 21.4. The highest BCUT2D eigenvalue weighted by Gasteiger charge is 2.28. The van der Waals surface area contributed by atoms with Gasteiger partial charge in [-0.1, -0.05) is 15.9 Å². The van der Waals surface area contributed by atoms with Gasteiger partial charge in [-0.2, -0.15) is 15.2 Å². The minimum absolute atomic E-state index is 0.265. The van der Waals surface area contributed by atoms with Gasteiger partial charge in [-0.3, -0.25) is 0 Å². The Morgan fingerprint density at radius 2 is 1.94 bits per heavy atom. The molecular formula is C22H24BrN7O. The number of aromatic nitrogens is 4. The van der Waals surface area contributed by atoms with E-state index in [0.29, 0.717) is 35.3 Å². The highest BCUT2D eigenvalue weighted by atomic mass is 79.9. The molecule has 5 rings (SSSR count). The van der Waals surface area contributed by atoms with Crippen molar-refractivity contribution in [3.8, 4) is 6.07 Å². The molecule has 3 N–H and O–H groups in total. The van der Waals surface area contributed by atoms with Crippen LogP contribution in [0.15, 0.2) is 29.0 Å². The third kappa shape index (κ3) is 4.36. The second-order valence-electron chi connectivity index (χ2n) is 8.46. The summed E-state index contributed by atoms with van der Waals surface area (Å²) in [6, 6.07) is 8.41. The Morgan fingerprint density at radius 3 is 2.65 bits per heavy atom. The van der Waals surface area contributed by atoms with E-state index >= 15 is 0 Å². The largest absolute Gasteiger partial charge is 0.396 e. The van der Waals surface area contributed by atoms with E-state index in [4.69, 9.17) is 9.97 Å². The fourth-order valence-corrected chi connectivity index (χ4v) is 4.72. The van der Waals surface area contributed by atoms with E-state index in [2.05, 4.69) is 42.2 Å². The predicted molar refractivity (Wildman–Crippen MR) is 122 cm³/mol. The van der Waals surface area contributed by atoms with Crippen molar-refractivity contribution in [3.05, 3.63) is 34.6 Å². The van der Waals surface area contributed by atoms with Crippen LogP contribution in [0.1, 0.15) is 50.1 Å². The fourth-order valence-electron chi connectivity index (χ4n) is 4.22. The Bertz CT molecular complexity index is 1140. The number of rotatable bonds is 6. The number of imidazole rings is 1. The first-order valence-electron chi connectivity index (χ1n) is 10.7. The lowest BCUT2D eigenvalue weighted by Crippen LogP contribution is -2.28. The highest BCUT2D eigenvalue weighted by Crippen LogP contribution is 2.38. The van der Waals surface area contributed by atoms with E-state index in [1.54, 1.807) is 12.1 Å². The number of hydrogen-bond donors (Lipinski definition) is 3. The van der Waals surface area contributed by atoms with Crippen LogP contribution in [0, 0.1) is 17.2 Å². The molecule has 160 valence electrons. The van der Waals surface area contributed by atoms with E-state index < -0.39 is 0 Å². The normalized spacial score (nSPS) is 21.1. The first-order valence-corrected chi connectivity index (χ1v) is 11.5. The maximum atomic E-state index is 9.40. The van der Waals surface area contributed by atoms with Gasteiger partial charge in [0.1, 0.15) is 0 Å². The molecule has 2 aromatic heterocycles. The first kappa shape index (κ1) is 20.2. The zero-order valence-corrected chi connectivity index (χ0v) is 18.6. The summed E-state index contributed by atoms with van der Waals surface area (Å²) >= 11 is 3.47. The Kier molecular flexibility index (Phi) is 5.50. The number of nitrogens with zero attached hydrogens (tertiary/aromatic N) is 5. The molecule has 9 heteroatoms. The number of nitrogens with one attached hydrogen (secondary N) is 2. The van der Waals surface area contributed by atoms with E-state index in [-0.39, 0.29) is 6.61 Å². The number of hydrogen-bond acceptors (Lipinski definition) is 7. The molecule has 2 heterocycles. The van der Waals surface area contributed by atoms with Crippen LogP contribution < -0.4 is 10.6 Å². The van der Waals surface area contributed by atoms with Gasteiger partial charge < -0.3 is 20.3 Å². The molecule has 0 unspecified atom stereocenters. The van der Waals surface area contributed by atoms with Crippen LogP contribution in [0.4, 0.5) is 17.5 Å². The molecule has 2 aliphatic carbocycles. The van der Waals surface area contributed by atoms with Crippen molar-refractivity contribution in [1.29, 1.82) is 5.26 Å². The molecule has 0 bridgehead atoms. The lowest BCUT2D eigenvalue weighted by Gasteiger charge is -2.28. The summed E-state index contributed by atoms with van der Waals surface area (Å²) in [5.41, 5.74) is 2.87. The van der Waals surface area contributed by atoms with Crippen LogP contribution in [-0.2, 0) is 0 Å². The molecule has 31 heavy (non-hydrogen) atoms. The van der Waals surface area contributed by atoms with Crippen molar-refractivity contribution in [2.45, 2.75) is 50.6 Å². The summed E-state index contributed by atoms with van der Waals surface area (Å²) in [6.07, 6.45) is 8.14. The van der Waals surface area contributed by atoms with Gasteiger partial charge in [-0.25, -0.2) is 4.98 Å². The summed E-state index contributed by atoms with van der Waals surface area (Å²) in [7, 11) is 0. The SMILES string of the molecule is N#Cc1cc(Br)cc(Nc2nc(NC3CCC(CO)CC3)nc3c2ncn3C2CC2)c1. The van der Waals surface area contributed by atoms with Gasteiger partial charge in [0.15, 0.2) is 17.0 Å². The molecule has 0 atom stereocenters. The Morgan fingerprint density at radius 1 is 1.13 bits per heavy atom. The maximum absolute atomic E-state index is 9.40. The highest BCUT2D eigenvalue weighted by molar-refractivity contribution is 9.10. The third-order valence-electron chi connectivity index (χ3n) is 6.09. The van der Waals surface area contributed by atoms with Gasteiger partial charge in [0.2, 0.25) is 5.95 Å². The van der Waals surface area contributed by atoms with Crippen LogP contribution in [0.5, 0.6) is 0 Å². The number of aliphatic hydroxyl groups is 1. The zero-order valence-electron chi connectivity index (χ0n) is 17.1. The molecule has 0 aliphatic heterocycles. The van der Waals surface area contributed by atoms with Crippen molar-refractivity contribution >= 4 is 44.5 Å². The quantitative estimate of drug-likeness (QED) is 0.474. The molecule has 3 aromatic rings. The molecular weight excluding hydrogens is 458 g/mol.